The Labute approximate surface area is 154 Å². The van der Waals surface area contributed by atoms with Gasteiger partial charge in [-0.3, -0.25) is 4.79 Å². The Balaban J connectivity index is 2.20. The zero-order valence-corrected chi connectivity index (χ0v) is 15.6. The molecule has 0 aromatic heterocycles. The van der Waals surface area contributed by atoms with Crippen LogP contribution in [0, 0.1) is 0 Å². The summed E-state index contributed by atoms with van der Waals surface area (Å²) in [4.78, 5) is 12.6. The summed E-state index contributed by atoms with van der Waals surface area (Å²) >= 11 is 0. The zero-order chi connectivity index (χ0) is 18.9. The van der Waals surface area contributed by atoms with Crippen LogP contribution in [-0.4, -0.2) is 33.7 Å². The van der Waals surface area contributed by atoms with Gasteiger partial charge in [0.05, 0.1) is 33.5 Å². The lowest BCUT2D eigenvalue weighted by atomic mass is 10.1. The number of ketones is 1. The predicted molar refractivity (Wildman–Crippen MR) is 102 cm³/mol. The van der Waals surface area contributed by atoms with Crippen LogP contribution in [0.25, 0.3) is 6.08 Å². The van der Waals surface area contributed by atoms with Gasteiger partial charge in [-0.1, -0.05) is 25.1 Å². The van der Waals surface area contributed by atoms with Crippen LogP contribution in [0.3, 0.4) is 0 Å². The van der Waals surface area contributed by atoms with Gasteiger partial charge in [0.2, 0.25) is 5.75 Å². The van der Waals surface area contributed by atoms with E-state index in [9.17, 15) is 4.79 Å². The van der Waals surface area contributed by atoms with Gasteiger partial charge in [-0.25, -0.2) is 0 Å². The van der Waals surface area contributed by atoms with Gasteiger partial charge in [0.15, 0.2) is 17.3 Å². The smallest absolute Gasteiger partial charge is 0.204 e. The summed E-state index contributed by atoms with van der Waals surface area (Å²) < 4.78 is 21.5. The van der Waals surface area contributed by atoms with Gasteiger partial charge in [-0.05, 0) is 42.3 Å². The van der Waals surface area contributed by atoms with Crippen LogP contribution in [0.4, 0.5) is 0 Å². The minimum Gasteiger partial charge on any atom is -0.494 e. The quantitative estimate of drug-likeness (QED) is 0.492. The van der Waals surface area contributed by atoms with Crippen LogP contribution in [0.2, 0.25) is 0 Å². The van der Waals surface area contributed by atoms with Crippen LogP contribution in [0.15, 0.2) is 42.5 Å². The van der Waals surface area contributed by atoms with Crippen molar-refractivity contribution >= 4 is 11.9 Å². The molecule has 0 heterocycles. The summed E-state index contributed by atoms with van der Waals surface area (Å²) in [6.45, 7) is 2.75. The highest BCUT2D eigenvalue weighted by Crippen LogP contribution is 2.40. The molecular weight excluding hydrogens is 332 g/mol. The predicted octanol–water partition coefficient (Wildman–Crippen LogP) is 4.40. The molecule has 0 unspecified atom stereocenters. The van der Waals surface area contributed by atoms with E-state index in [0.717, 1.165) is 17.7 Å². The maximum Gasteiger partial charge on any atom is 0.204 e. The molecule has 0 aliphatic carbocycles. The average molecular weight is 356 g/mol. The van der Waals surface area contributed by atoms with Crippen LogP contribution in [0.5, 0.6) is 23.0 Å². The molecule has 0 bridgehead atoms. The van der Waals surface area contributed by atoms with Crippen molar-refractivity contribution < 1.29 is 23.7 Å². The summed E-state index contributed by atoms with van der Waals surface area (Å²) in [6.07, 6.45) is 4.22. The maximum atomic E-state index is 12.6. The lowest BCUT2D eigenvalue weighted by Gasteiger charge is -2.14. The van der Waals surface area contributed by atoms with Crippen molar-refractivity contribution in [3.63, 3.8) is 0 Å². The van der Waals surface area contributed by atoms with Gasteiger partial charge in [-0.15, -0.1) is 0 Å². The molecule has 0 fully saturated rings. The molecule has 5 heteroatoms. The van der Waals surface area contributed by atoms with Crippen molar-refractivity contribution in [2.24, 2.45) is 0 Å². The van der Waals surface area contributed by atoms with Gasteiger partial charge in [-0.2, -0.15) is 0 Å². The summed E-state index contributed by atoms with van der Waals surface area (Å²) in [7, 11) is 4.53. The molecule has 5 nitrogen and oxygen atoms in total. The second-order valence-electron chi connectivity index (χ2n) is 5.50. The van der Waals surface area contributed by atoms with E-state index in [4.69, 9.17) is 18.9 Å². The van der Waals surface area contributed by atoms with Crippen LogP contribution < -0.4 is 18.9 Å². The highest BCUT2D eigenvalue weighted by Gasteiger charge is 2.19. The highest BCUT2D eigenvalue weighted by atomic mass is 16.5. The van der Waals surface area contributed by atoms with Gasteiger partial charge >= 0.3 is 0 Å². The third-order valence-corrected chi connectivity index (χ3v) is 3.75. The number of allylic oxidation sites excluding steroid dienone is 1. The molecule has 2 aromatic rings. The number of hydrogen-bond donors (Lipinski definition) is 0. The standard InChI is InChI=1S/C21H24O5/c1-5-14-26-16-9-6-15(7-10-16)8-12-18(22)17-11-13-19(23-2)21(25-4)20(17)24-3/h6-13H,5,14H2,1-4H3/b12-8+. The molecule has 0 aliphatic heterocycles. The number of carbonyl (C=O) groups is 1. The zero-order valence-electron chi connectivity index (χ0n) is 15.6. The molecule has 0 amide bonds. The fraction of sp³-hybridized carbons (Fsp3) is 0.286. The average Bonchev–Trinajstić information content (AvgIpc) is 2.69. The number of carbonyl (C=O) groups excluding carboxylic acids is 1. The van der Waals surface area contributed by atoms with Crippen molar-refractivity contribution in [3.8, 4) is 23.0 Å². The summed E-state index contributed by atoms with van der Waals surface area (Å²) in [5, 5.41) is 0. The fourth-order valence-corrected chi connectivity index (χ4v) is 2.45. The Bertz CT molecular complexity index is 763. The minimum atomic E-state index is -0.186. The number of methoxy groups -OCH3 is 3. The first-order valence-corrected chi connectivity index (χ1v) is 8.38. The van der Waals surface area contributed by atoms with Crippen LogP contribution in [0.1, 0.15) is 29.3 Å². The van der Waals surface area contributed by atoms with Gasteiger partial charge < -0.3 is 18.9 Å². The maximum absolute atomic E-state index is 12.6. The second kappa shape index (κ2) is 9.51. The molecule has 138 valence electrons. The van der Waals surface area contributed by atoms with E-state index < -0.39 is 0 Å². The van der Waals surface area contributed by atoms with E-state index in [-0.39, 0.29) is 5.78 Å². The molecule has 2 aromatic carbocycles. The SMILES string of the molecule is CCCOc1ccc(/C=C/C(=O)c2ccc(OC)c(OC)c2OC)cc1. The summed E-state index contributed by atoms with van der Waals surface area (Å²) in [5.41, 5.74) is 1.31. The molecule has 0 radical (unpaired) electrons. The Hall–Kier alpha value is -2.95. The third-order valence-electron chi connectivity index (χ3n) is 3.75. The number of hydrogen-bond acceptors (Lipinski definition) is 5. The molecule has 26 heavy (non-hydrogen) atoms. The van der Waals surface area contributed by atoms with Gasteiger partial charge in [0.25, 0.3) is 0 Å². The molecule has 2 rings (SSSR count). The van der Waals surface area contributed by atoms with E-state index >= 15 is 0 Å². The minimum absolute atomic E-state index is 0.186. The van der Waals surface area contributed by atoms with Gasteiger partial charge in [0, 0.05) is 0 Å². The van der Waals surface area contributed by atoms with Crippen molar-refractivity contribution in [3.05, 3.63) is 53.6 Å². The van der Waals surface area contributed by atoms with Crippen molar-refractivity contribution in [1.29, 1.82) is 0 Å². The molecule has 0 saturated heterocycles. The van der Waals surface area contributed by atoms with Crippen LogP contribution in [-0.2, 0) is 0 Å². The second-order valence-corrected chi connectivity index (χ2v) is 5.50. The topological polar surface area (TPSA) is 54.0 Å². The van der Waals surface area contributed by atoms with Crippen molar-refractivity contribution in [2.45, 2.75) is 13.3 Å². The largest absolute Gasteiger partial charge is 0.494 e. The third kappa shape index (κ3) is 4.57. The van der Waals surface area contributed by atoms with E-state index in [1.165, 1.54) is 27.4 Å². The Kier molecular flexibility index (Phi) is 7.09. The molecule has 0 N–H and O–H groups in total. The van der Waals surface area contributed by atoms with Gasteiger partial charge in [0.1, 0.15) is 5.75 Å². The van der Waals surface area contributed by atoms with Crippen molar-refractivity contribution in [1.82, 2.24) is 0 Å². The number of rotatable bonds is 9. The van der Waals surface area contributed by atoms with E-state index in [2.05, 4.69) is 6.92 Å². The normalized spacial score (nSPS) is 10.6. The van der Waals surface area contributed by atoms with E-state index in [1.807, 2.05) is 24.3 Å². The molecule has 0 spiro atoms. The highest BCUT2D eigenvalue weighted by molar-refractivity contribution is 6.09. The van der Waals surface area contributed by atoms with E-state index in [1.54, 1.807) is 18.2 Å². The first-order valence-electron chi connectivity index (χ1n) is 8.38. The van der Waals surface area contributed by atoms with E-state index in [0.29, 0.717) is 29.4 Å². The first kappa shape index (κ1) is 19.4. The van der Waals surface area contributed by atoms with Crippen molar-refractivity contribution in [2.75, 3.05) is 27.9 Å². The lowest BCUT2D eigenvalue weighted by molar-refractivity contribution is 0.104. The molecular formula is C21H24O5. The number of benzene rings is 2. The fourth-order valence-electron chi connectivity index (χ4n) is 2.45. The monoisotopic (exact) mass is 356 g/mol. The summed E-state index contributed by atoms with van der Waals surface area (Å²) in [5.74, 6) is 1.88. The number of ether oxygens (including phenoxy) is 4. The molecule has 0 saturated carbocycles. The Morgan fingerprint density at radius 2 is 1.62 bits per heavy atom. The molecule has 0 aliphatic rings. The Morgan fingerprint density at radius 3 is 2.19 bits per heavy atom. The first-order chi connectivity index (χ1) is 12.6. The van der Waals surface area contributed by atoms with Crippen LogP contribution >= 0.6 is 0 Å². The summed E-state index contributed by atoms with van der Waals surface area (Å²) in [6, 6.07) is 10.9. The lowest BCUT2D eigenvalue weighted by Crippen LogP contribution is -2.02. The molecule has 0 atom stereocenters. The Morgan fingerprint density at radius 1 is 0.923 bits per heavy atom.